The number of tetrazole rings is 1. The van der Waals surface area contributed by atoms with Crippen LogP contribution in [0.15, 0.2) is 6.33 Å². The molecule has 1 fully saturated rings. The molecule has 7 heteroatoms. The summed E-state index contributed by atoms with van der Waals surface area (Å²) in [6, 6.07) is 0. The summed E-state index contributed by atoms with van der Waals surface area (Å²) in [6.07, 6.45) is 4.68. The van der Waals surface area contributed by atoms with E-state index in [4.69, 9.17) is 4.74 Å². The third-order valence-electron chi connectivity index (χ3n) is 3.53. The molecule has 0 radical (unpaired) electrons. The SMILES string of the molecule is CC(C)CCOC1CCN(C(=O)Cn2cnnn2)CC1. The average molecular weight is 281 g/mol. The van der Waals surface area contributed by atoms with Crippen LogP contribution in [-0.2, 0) is 16.1 Å². The lowest BCUT2D eigenvalue weighted by Gasteiger charge is -2.32. The Hall–Kier alpha value is -1.50. The zero-order valence-electron chi connectivity index (χ0n) is 12.2. The Morgan fingerprint density at radius 1 is 1.40 bits per heavy atom. The van der Waals surface area contributed by atoms with Crippen LogP contribution in [0.3, 0.4) is 0 Å². The van der Waals surface area contributed by atoms with Crippen LogP contribution in [0.4, 0.5) is 0 Å². The van der Waals surface area contributed by atoms with Crippen molar-refractivity contribution < 1.29 is 9.53 Å². The van der Waals surface area contributed by atoms with E-state index in [-0.39, 0.29) is 12.5 Å². The molecule has 2 heterocycles. The van der Waals surface area contributed by atoms with Crippen LogP contribution < -0.4 is 0 Å². The van der Waals surface area contributed by atoms with Crippen LogP contribution in [0.2, 0.25) is 0 Å². The topological polar surface area (TPSA) is 73.1 Å². The molecule has 0 aromatic carbocycles. The molecule has 1 amide bonds. The highest BCUT2D eigenvalue weighted by Gasteiger charge is 2.23. The number of piperidine rings is 1. The molecule has 1 aliphatic rings. The molecule has 2 rings (SSSR count). The molecule has 0 aliphatic carbocycles. The molecule has 1 aromatic heterocycles. The highest BCUT2D eigenvalue weighted by molar-refractivity contribution is 5.75. The molecule has 0 saturated carbocycles. The molecule has 1 saturated heterocycles. The normalized spacial score (nSPS) is 16.9. The molecular formula is C13H23N5O2. The van der Waals surface area contributed by atoms with Crippen LogP contribution in [0, 0.1) is 5.92 Å². The van der Waals surface area contributed by atoms with Gasteiger partial charge in [-0.2, -0.15) is 0 Å². The van der Waals surface area contributed by atoms with Gasteiger partial charge in [-0.25, -0.2) is 4.68 Å². The maximum atomic E-state index is 12.0. The number of hydrogen-bond acceptors (Lipinski definition) is 5. The van der Waals surface area contributed by atoms with Crippen molar-refractivity contribution in [1.82, 2.24) is 25.1 Å². The fourth-order valence-corrected chi connectivity index (χ4v) is 2.23. The zero-order chi connectivity index (χ0) is 14.4. The van der Waals surface area contributed by atoms with E-state index in [0.29, 0.717) is 12.0 Å². The number of rotatable bonds is 6. The van der Waals surface area contributed by atoms with Gasteiger partial charge in [0.05, 0.1) is 6.10 Å². The largest absolute Gasteiger partial charge is 0.378 e. The van der Waals surface area contributed by atoms with Gasteiger partial charge in [-0.05, 0) is 35.6 Å². The first kappa shape index (κ1) is 14.9. The summed E-state index contributed by atoms with van der Waals surface area (Å²) in [5.74, 6) is 0.742. The van der Waals surface area contributed by atoms with Crippen molar-refractivity contribution in [2.24, 2.45) is 5.92 Å². The van der Waals surface area contributed by atoms with Crippen LogP contribution in [0.25, 0.3) is 0 Å². The Balaban J connectivity index is 1.67. The number of amides is 1. The Morgan fingerprint density at radius 2 is 2.15 bits per heavy atom. The Kier molecular flexibility index (Phi) is 5.46. The van der Waals surface area contributed by atoms with E-state index in [1.165, 1.54) is 11.0 Å². The molecular weight excluding hydrogens is 258 g/mol. The molecule has 0 bridgehead atoms. The lowest BCUT2D eigenvalue weighted by Crippen LogP contribution is -2.42. The molecule has 0 N–H and O–H groups in total. The summed E-state index contributed by atoms with van der Waals surface area (Å²) in [5, 5.41) is 10.8. The number of carbonyl (C=O) groups is 1. The highest BCUT2D eigenvalue weighted by atomic mass is 16.5. The summed E-state index contributed by atoms with van der Waals surface area (Å²) in [7, 11) is 0. The predicted molar refractivity (Wildman–Crippen MR) is 72.8 cm³/mol. The van der Waals surface area contributed by atoms with Gasteiger partial charge in [-0.15, -0.1) is 5.10 Å². The Labute approximate surface area is 119 Å². The van der Waals surface area contributed by atoms with Crippen molar-refractivity contribution in [2.45, 2.75) is 45.8 Å². The van der Waals surface area contributed by atoms with Crippen LogP contribution in [0.5, 0.6) is 0 Å². The van der Waals surface area contributed by atoms with Gasteiger partial charge in [-0.1, -0.05) is 13.8 Å². The van der Waals surface area contributed by atoms with Gasteiger partial charge in [0.2, 0.25) is 5.91 Å². The smallest absolute Gasteiger partial charge is 0.244 e. The van der Waals surface area contributed by atoms with E-state index in [1.807, 2.05) is 4.90 Å². The first-order valence-corrected chi connectivity index (χ1v) is 7.25. The van der Waals surface area contributed by atoms with Crippen molar-refractivity contribution in [2.75, 3.05) is 19.7 Å². The number of hydrogen-bond donors (Lipinski definition) is 0. The lowest BCUT2D eigenvalue weighted by atomic mass is 10.1. The van der Waals surface area contributed by atoms with Gasteiger partial charge in [0, 0.05) is 19.7 Å². The first-order chi connectivity index (χ1) is 9.65. The van der Waals surface area contributed by atoms with Crippen molar-refractivity contribution in [3.8, 4) is 0 Å². The highest BCUT2D eigenvalue weighted by Crippen LogP contribution is 2.15. The van der Waals surface area contributed by atoms with Crippen LogP contribution >= 0.6 is 0 Å². The predicted octanol–water partition coefficient (Wildman–Crippen LogP) is 0.727. The van der Waals surface area contributed by atoms with Crippen LogP contribution in [-0.4, -0.2) is 56.8 Å². The summed E-state index contributed by atoms with van der Waals surface area (Å²) in [6.45, 7) is 6.95. The number of ether oxygens (including phenoxy) is 1. The molecule has 0 atom stereocenters. The average Bonchev–Trinajstić information content (AvgIpc) is 2.92. The van der Waals surface area contributed by atoms with E-state index in [9.17, 15) is 4.79 Å². The maximum absolute atomic E-state index is 12.0. The van der Waals surface area contributed by atoms with E-state index >= 15 is 0 Å². The van der Waals surface area contributed by atoms with E-state index in [1.54, 1.807) is 0 Å². The second-order valence-electron chi connectivity index (χ2n) is 5.64. The Morgan fingerprint density at radius 3 is 2.75 bits per heavy atom. The quantitative estimate of drug-likeness (QED) is 0.768. The summed E-state index contributed by atoms with van der Waals surface area (Å²) < 4.78 is 7.30. The van der Waals surface area contributed by atoms with Crippen molar-refractivity contribution >= 4 is 5.91 Å². The van der Waals surface area contributed by atoms with Gasteiger partial charge in [0.1, 0.15) is 12.9 Å². The van der Waals surface area contributed by atoms with Crippen molar-refractivity contribution in [3.05, 3.63) is 6.33 Å². The molecule has 0 unspecified atom stereocenters. The molecule has 7 nitrogen and oxygen atoms in total. The third-order valence-corrected chi connectivity index (χ3v) is 3.53. The van der Waals surface area contributed by atoms with Gasteiger partial charge in [-0.3, -0.25) is 4.79 Å². The van der Waals surface area contributed by atoms with Gasteiger partial charge in [0.25, 0.3) is 0 Å². The molecule has 20 heavy (non-hydrogen) atoms. The Bertz CT molecular complexity index is 399. The van der Waals surface area contributed by atoms with Crippen molar-refractivity contribution in [1.29, 1.82) is 0 Å². The minimum Gasteiger partial charge on any atom is -0.378 e. The van der Waals surface area contributed by atoms with Gasteiger partial charge < -0.3 is 9.64 Å². The minimum atomic E-state index is 0.0675. The minimum absolute atomic E-state index is 0.0675. The van der Waals surface area contributed by atoms with E-state index in [0.717, 1.165) is 39.0 Å². The summed E-state index contributed by atoms with van der Waals surface area (Å²) in [4.78, 5) is 13.9. The van der Waals surface area contributed by atoms with Crippen LogP contribution in [0.1, 0.15) is 33.1 Å². The molecule has 1 aliphatic heterocycles. The number of nitrogens with zero attached hydrogens (tertiary/aromatic N) is 5. The number of likely N-dealkylation sites (tertiary alicyclic amines) is 1. The fraction of sp³-hybridized carbons (Fsp3) is 0.846. The molecule has 0 spiro atoms. The summed E-state index contributed by atoms with van der Waals surface area (Å²) >= 11 is 0. The van der Waals surface area contributed by atoms with Gasteiger partial charge >= 0.3 is 0 Å². The summed E-state index contributed by atoms with van der Waals surface area (Å²) in [5.41, 5.74) is 0. The second-order valence-corrected chi connectivity index (χ2v) is 5.64. The second kappa shape index (κ2) is 7.33. The zero-order valence-corrected chi connectivity index (χ0v) is 12.2. The first-order valence-electron chi connectivity index (χ1n) is 7.25. The van der Waals surface area contributed by atoms with E-state index < -0.39 is 0 Å². The maximum Gasteiger partial charge on any atom is 0.244 e. The van der Waals surface area contributed by atoms with Crippen molar-refractivity contribution in [3.63, 3.8) is 0 Å². The molecule has 1 aromatic rings. The van der Waals surface area contributed by atoms with Gasteiger partial charge in [0.15, 0.2) is 0 Å². The number of carbonyl (C=O) groups excluding carboxylic acids is 1. The standard InChI is InChI=1S/C13H23N5O2/c1-11(2)5-8-20-12-3-6-17(7-4-12)13(19)9-18-10-14-15-16-18/h10-12H,3-9H2,1-2H3. The lowest BCUT2D eigenvalue weighted by molar-refractivity contribution is -0.134. The third kappa shape index (κ3) is 4.56. The fourth-order valence-electron chi connectivity index (χ4n) is 2.23. The monoisotopic (exact) mass is 281 g/mol. The van der Waals surface area contributed by atoms with E-state index in [2.05, 4.69) is 29.4 Å². The number of aromatic nitrogens is 4. The molecule has 112 valence electrons.